The zero-order chi connectivity index (χ0) is 10.8. The van der Waals surface area contributed by atoms with E-state index >= 15 is 0 Å². The van der Waals surface area contributed by atoms with Gasteiger partial charge in [-0.1, -0.05) is 0 Å². The van der Waals surface area contributed by atoms with Crippen molar-refractivity contribution >= 4 is 5.96 Å². The predicted octanol–water partition coefficient (Wildman–Crippen LogP) is 0.493. The van der Waals surface area contributed by atoms with E-state index in [1.165, 1.54) is 12.4 Å². The maximum absolute atomic E-state index is 12.5. The molecule has 0 fully saturated rings. The first kappa shape index (κ1) is 10.6. The average molecular weight is 212 g/mol. The molecule has 0 amide bonds. The Morgan fingerprint density at radius 3 is 2.71 bits per heavy atom. The zero-order valence-electron chi connectivity index (χ0n) is 6.92. The molecular weight excluding hydrogens is 204 g/mol. The molecule has 0 aromatic heterocycles. The topological polar surface area (TPSA) is 53.6 Å². The van der Waals surface area contributed by atoms with Crippen LogP contribution in [-0.4, -0.2) is 29.9 Å². The van der Waals surface area contributed by atoms with Gasteiger partial charge in [-0.2, -0.15) is 8.78 Å². The molecule has 0 radical (unpaired) electrons. The van der Waals surface area contributed by atoms with E-state index in [0.717, 1.165) is 0 Å². The van der Waals surface area contributed by atoms with Crippen molar-refractivity contribution in [2.75, 3.05) is 6.54 Å². The molecule has 8 heteroatoms. The molecule has 0 saturated carbocycles. The second kappa shape index (κ2) is 3.72. The van der Waals surface area contributed by atoms with Crippen molar-refractivity contribution in [3.05, 3.63) is 12.4 Å². The van der Waals surface area contributed by atoms with Crippen LogP contribution in [0.15, 0.2) is 17.4 Å². The number of nitrogens with one attached hydrogen (secondary N) is 1. The molecule has 0 bridgehead atoms. The van der Waals surface area contributed by atoms with Gasteiger partial charge in [0.05, 0.1) is 0 Å². The van der Waals surface area contributed by atoms with E-state index in [0.29, 0.717) is 5.01 Å². The van der Waals surface area contributed by atoms with E-state index in [-0.39, 0.29) is 5.96 Å². The van der Waals surface area contributed by atoms with Crippen molar-refractivity contribution in [2.24, 2.45) is 10.7 Å². The Labute approximate surface area is 77.0 Å². The molecule has 80 valence electrons. The first-order chi connectivity index (χ1) is 6.43. The van der Waals surface area contributed by atoms with Crippen LogP contribution in [0.5, 0.6) is 0 Å². The van der Waals surface area contributed by atoms with E-state index in [9.17, 15) is 17.6 Å². The number of nitrogens with two attached hydrogens (primary N) is 1. The Balaban J connectivity index is 2.61. The maximum Gasteiger partial charge on any atom is 0.326 e. The highest BCUT2D eigenvalue weighted by Crippen LogP contribution is 2.23. The minimum Gasteiger partial charge on any atom is -0.368 e. The van der Waals surface area contributed by atoms with Crippen LogP contribution in [0.2, 0.25) is 0 Å². The number of hydrogen-bond donors (Lipinski definition) is 2. The fraction of sp³-hybridized carbons (Fsp3) is 0.500. The van der Waals surface area contributed by atoms with Gasteiger partial charge < -0.3 is 11.2 Å². The Hall–Kier alpha value is -1.47. The molecule has 0 spiro atoms. The quantitative estimate of drug-likeness (QED) is 0.669. The van der Waals surface area contributed by atoms with Gasteiger partial charge in [0, 0.05) is 12.4 Å². The lowest BCUT2D eigenvalue weighted by molar-refractivity contribution is -0.138. The number of rotatable bonds is 3. The summed E-state index contributed by atoms with van der Waals surface area (Å²) in [6, 6.07) is 0. The second-order valence-electron chi connectivity index (χ2n) is 2.58. The fourth-order valence-corrected chi connectivity index (χ4v) is 0.779. The van der Waals surface area contributed by atoms with Gasteiger partial charge in [0.2, 0.25) is 5.96 Å². The van der Waals surface area contributed by atoms with Crippen LogP contribution in [-0.2, 0) is 0 Å². The number of alkyl halides is 4. The van der Waals surface area contributed by atoms with Gasteiger partial charge in [0.15, 0.2) is 0 Å². The lowest BCUT2D eigenvalue weighted by Gasteiger charge is -2.28. The van der Waals surface area contributed by atoms with E-state index < -0.39 is 18.9 Å². The highest BCUT2D eigenvalue weighted by atomic mass is 19.3. The highest BCUT2D eigenvalue weighted by Gasteiger charge is 2.43. The molecule has 0 aromatic rings. The third-order valence-corrected chi connectivity index (χ3v) is 1.48. The van der Waals surface area contributed by atoms with Crippen LogP contribution in [0.3, 0.4) is 0 Å². The van der Waals surface area contributed by atoms with Crippen LogP contribution >= 0.6 is 0 Å². The van der Waals surface area contributed by atoms with Crippen LogP contribution < -0.4 is 11.2 Å². The summed E-state index contributed by atoms with van der Waals surface area (Å²) < 4.78 is 48.7. The average Bonchev–Trinajstić information content (AvgIpc) is 2.08. The third kappa shape index (κ3) is 2.27. The van der Waals surface area contributed by atoms with Crippen LogP contribution in [0.25, 0.3) is 0 Å². The summed E-state index contributed by atoms with van der Waals surface area (Å²) in [7, 11) is 0. The highest BCUT2D eigenvalue weighted by molar-refractivity contribution is 5.78. The molecule has 1 aliphatic rings. The smallest absolute Gasteiger partial charge is 0.326 e. The summed E-state index contributed by atoms with van der Waals surface area (Å²) in [5, 5.41) is 0.645. The summed E-state index contributed by atoms with van der Waals surface area (Å²) in [6.45, 7) is -1.23. The molecule has 4 nitrogen and oxygen atoms in total. The number of hydrogen-bond acceptors (Lipinski definition) is 4. The lowest BCUT2D eigenvalue weighted by Crippen LogP contribution is -2.53. The molecule has 0 atom stereocenters. The third-order valence-electron chi connectivity index (χ3n) is 1.48. The van der Waals surface area contributed by atoms with Crippen LogP contribution in [0, 0.1) is 0 Å². The molecule has 0 aliphatic carbocycles. The molecular formula is C6H8F4N4. The molecule has 1 heterocycles. The number of aliphatic imine (C=N–C) groups is 1. The first-order valence-electron chi connectivity index (χ1n) is 3.61. The van der Waals surface area contributed by atoms with Gasteiger partial charge in [-0.05, 0) is 0 Å². The van der Waals surface area contributed by atoms with E-state index in [1.807, 2.05) is 0 Å². The minimum atomic E-state index is -4.13. The Morgan fingerprint density at radius 1 is 1.57 bits per heavy atom. The zero-order valence-corrected chi connectivity index (χ0v) is 6.92. The molecule has 3 N–H and O–H groups in total. The summed E-state index contributed by atoms with van der Waals surface area (Å²) in [6.07, 6.45) is -1.30. The van der Waals surface area contributed by atoms with Crippen LogP contribution in [0.4, 0.5) is 17.6 Å². The Kier molecular flexibility index (Phi) is 2.82. The molecule has 0 aromatic carbocycles. The summed E-state index contributed by atoms with van der Waals surface area (Å²) in [5.41, 5.74) is 7.43. The van der Waals surface area contributed by atoms with Gasteiger partial charge in [0.25, 0.3) is 0 Å². The number of hydrazine groups is 1. The number of nitrogens with zero attached hydrogens (tertiary/aromatic N) is 2. The van der Waals surface area contributed by atoms with Gasteiger partial charge in [-0.15, -0.1) is 0 Å². The molecule has 1 rings (SSSR count). The molecule has 14 heavy (non-hydrogen) atoms. The summed E-state index contributed by atoms with van der Waals surface area (Å²) >= 11 is 0. The fourth-order valence-electron chi connectivity index (χ4n) is 0.779. The lowest BCUT2D eigenvalue weighted by atomic mass is 10.3. The maximum atomic E-state index is 12.5. The SMILES string of the molecule is NC1=NC=CNN1CC(F)(F)C(F)F. The van der Waals surface area contributed by atoms with Gasteiger partial charge in [0.1, 0.15) is 6.54 Å². The van der Waals surface area contributed by atoms with Gasteiger partial charge in [-0.25, -0.2) is 13.8 Å². The van der Waals surface area contributed by atoms with Crippen molar-refractivity contribution in [1.29, 1.82) is 0 Å². The monoisotopic (exact) mass is 212 g/mol. The second-order valence-corrected chi connectivity index (χ2v) is 2.58. The molecule has 1 aliphatic heterocycles. The van der Waals surface area contributed by atoms with Crippen molar-refractivity contribution in [1.82, 2.24) is 10.4 Å². The molecule has 0 unspecified atom stereocenters. The summed E-state index contributed by atoms with van der Waals surface area (Å²) in [4.78, 5) is 3.45. The van der Waals surface area contributed by atoms with E-state index in [4.69, 9.17) is 5.73 Å². The van der Waals surface area contributed by atoms with Crippen molar-refractivity contribution in [3.63, 3.8) is 0 Å². The largest absolute Gasteiger partial charge is 0.368 e. The van der Waals surface area contributed by atoms with Crippen molar-refractivity contribution < 1.29 is 17.6 Å². The Bertz CT molecular complexity index is 263. The van der Waals surface area contributed by atoms with Crippen molar-refractivity contribution in [2.45, 2.75) is 12.3 Å². The molecule has 0 saturated heterocycles. The number of guanidine groups is 1. The minimum absolute atomic E-state index is 0.284. The van der Waals surface area contributed by atoms with Crippen LogP contribution in [0.1, 0.15) is 0 Å². The van der Waals surface area contributed by atoms with E-state index in [1.54, 1.807) is 0 Å². The normalized spacial score (nSPS) is 16.9. The standard InChI is InChI=1S/C6H8F4N4/c7-4(8)6(9,10)3-14-5(11)12-1-2-13-14/h1-2,4,13H,3H2,(H2,11,12). The number of halogens is 4. The van der Waals surface area contributed by atoms with Gasteiger partial charge >= 0.3 is 12.3 Å². The first-order valence-corrected chi connectivity index (χ1v) is 3.61. The van der Waals surface area contributed by atoms with Crippen molar-refractivity contribution in [3.8, 4) is 0 Å². The van der Waals surface area contributed by atoms with Gasteiger partial charge in [-0.3, -0.25) is 5.01 Å². The van der Waals surface area contributed by atoms with E-state index in [2.05, 4.69) is 10.4 Å². The Morgan fingerprint density at radius 2 is 2.21 bits per heavy atom. The predicted molar refractivity (Wildman–Crippen MR) is 41.6 cm³/mol. The summed E-state index contributed by atoms with van der Waals surface area (Å²) in [5.74, 6) is -4.41.